The van der Waals surface area contributed by atoms with E-state index >= 15 is 0 Å². The summed E-state index contributed by atoms with van der Waals surface area (Å²) in [5.41, 5.74) is 10.5. The van der Waals surface area contributed by atoms with Gasteiger partial charge in [-0.1, -0.05) is 29.8 Å². The molecule has 2 aromatic heterocycles. The molecule has 148 valence electrons. The highest BCUT2D eigenvalue weighted by Gasteiger charge is 2.18. The number of hydrogen-bond donors (Lipinski definition) is 2. The SMILES string of the molecule is Cc1ccc(C(CNC(=O)Cc2c(C)nc3nc(N)nn3c2C)N(C)C)cc1. The number of nitrogens with two attached hydrogens (primary N) is 1. The van der Waals surface area contributed by atoms with E-state index in [0.29, 0.717) is 12.3 Å². The largest absolute Gasteiger partial charge is 0.366 e. The Morgan fingerprint density at radius 2 is 1.86 bits per heavy atom. The van der Waals surface area contributed by atoms with E-state index in [2.05, 4.69) is 56.5 Å². The molecule has 0 aliphatic carbocycles. The van der Waals surface area contributed by atoms with E-state index in [1.165, 1.54) is 11.1 Å². The molecular formula is C20H27N7O. The molecule has 8 nitrogen and oxygen atoms in total. The Hall–Kier alpha value is -3.00. The minimum absolute atomic E-state index is 0.0561. The molecule has 1 atom stereocenters. The number of hydrogen-bond acceptors (Lipinski definition) is 6. The minimum Gasteiger partial charge on any atom is -0.366 e. The van der Waals surface area contributed by atoms with Gasteiger partial charge in [-0.2, -0.15) is 9.50 Å². The van der Waals surface area contributed by atoms with Crippen LogP contribution in [-0.2, 0) is 11.2 Å². The predicted octanol–water partition coefficient (Wildman–Crippen LogP) is 1.59. The highest BCUT2D eigenvalue weighted by molar-refractivity contribution is 5.79. The molecule has 0 radical (unpaired) electrons. The first-order valence-electron chi connectivity index (χ1n) is 9.24. The average molecular weight is 381 g/mol. The summed E-state index contributed by atoms with van der Waals surface area (Å²) in [5.74, 6) is 0.562. The Labute approximate surface area is 164 Å². The van der Waals surface area contributed by atoms with E-state index in [1.807, 2.05) is 27.9 Å². The number of anilines is 1. The van der Waals surface area contributed by atoms with Crippen LogP contribution >= 0.6 is 0 Å². The van der Waals surface area contributed by atoms with Crippen LogP contribution in [0.15, 0.2) is 24.3 Å². The van der Waals surface area contributed by atoms with Crippen LogP contribution < -0.4 is 11.1 Å². The maximum absolute atomic E-state index is 12.6. The van der Waals surface area contributed by atoms with Gasteiger partial charge in [-0.25, -0.2) is 4.98 Å². The van der Waals surface area contributed by atoms with Crippen LogP contribution in [0.1, 0.15) is 34.1 Å². The second-order valence-corrected chi connectivity index (χ2v) is 7.31. The van der Waals surface area contributed by atoms with Gasteiger partial charge >= 0.3 is 0 Å². The second-order valence-electron chi connectivity index (χ2n) is 7.31. The van der Waals surface area contributed by atoms with Gasteiger partial charge in [0.25, 0.3) is 5.78 Å². The molecule has 1 aromatic carbocycles. The first-order chi connectivity index (χ1) is 13.3. The minimum atomic E-state index is -0.0561. The van der Waals surface area contributed by atoms with Gasteiger partial charge in [0.1, 0.15) is 0 Å². The van der Waals surface area contributed by atoms with Crippen molar-refractivity contribution in [2.24, 2.45) is 0 Å². The first-order valence-corrected chi connectivity index (χ1v) is 9.24. The van der Waals surface area contributed by atoms with E-state index in [9.17, 15) is 4.79 Å². The lowest BCUT2D eigenvalue weighted by Gasteiger charge is -2.25. The second kappa shape index (κ2) is 7.93. The van der Waals surface area contributed by atoms with Gasteiger partial charge in [-0.05, 0) is 40.4 Å². The summed E-state index contributed by atoms with van der Waals surface area (Å²) in [4.78, 5) is 23.2. The number of rotatable bonds is 6. The summed E-state index contributed by atoms with van der Waals surface area (Å²) < 4.78 is 1.58. The third kappa shape index (κ3) is 4.12. The smallest absolute Gasteiger partial charge is 0.254 e. The molecule has 1 amide bonds. The number of nitrogens with zero attached hydrogens (tertiary/aromatic N) is 5. The van der Waals surface area contributed by atoms with Crippen LogP contribution in [0, 0.1) is 20.8 Å². The van der Waals surface area contributed by atoms with Gasteiger partial charge < -0.3 is 16.0 Å². The maximum atomic E-state index is 12.6. The third-order valence-electron chi connectivity index (χ3n) is 4.98. The number of amides is 1. The molecule has 0 aliphatic rings. The molecule has 0 spiro atoms. The fourth-order valence-corrected chi connectivity index (χ4v) is 3.30. The molecule has 3 N–H and O–H groups in total. The van der Waals surface area contributed by atoms with Crippen LogP contribution in [0.4, 0.5) is 5.95 Å². The van der Waals surface area contributed by atoms with Crippen LogP contribution in [-0.4, -0.2) is 51.0 Å². The molecule has 1 unspecified atom stereocenters. The molecule has 2 heterocycles. The first kappa shape index (κ1) is 19.8. The van der Waals surface area contributed by atoms with Crippen molar-refractivity contribution in [2.75, 3.05) is 26.4 Å². The Bertz CT molecular complexity index is 992. The van der Waals surface area contributed by atoms with Gasteiger partial charge in [0.2, 0.25) is 11.9 Å². The molecule has 0 fully saturated rings. The van der Waals surface area contributed by atoms with Crippen LogP contribution in [0.25, 0.3) is 5.78 Å². The molecule has 0 aliphatic heterocycles. The number of benzene rings is 1. The van der Waals surface area contributed by atoms with Crippen molar-refractivity contribution in [2.45, 2.75) is 33.2 Å². The van der Waals surface area contributed by atoms with Gasteiger partial charge in [0.05, 0.1) is 12.5 Å². The number of likely N-dealkylation sites (N-methyl/N-ethyl adjacent to an activating group) is 1. The summed E-state index contributed by atoms with van der Waals surface area (Å²) in [6.45, 7) is 6.36. The van der Waals surface area contributed by atoms with Crippen LogP contribution in [0.2, 0.25) is 0 Å². The zero-order valence-electron chi connectivity index (χ0n) is 17.0. The molecule has 0 saturated carbocycles. The lowest BCUT2D eigenvalue weighted by atomic mass is 10.0. The summed E-state index contributed by atoms with van der Waals surface area (Å²) >= 11 is 0. The van der Waals surface area contributed by atoms with Crippen molar-refractivity contribution in [1.29, 1.82) is 0 Å². The summed E-state index contributed by atoms with van der Waals surface area (Å²) in [6, 6.07) is 8.49. The standard InChI is InChI=1S/C20H27N7O/c1-12-6-8-15(9-7-12)17(26(4)5)11-22-18(28)10-16-13(2)23-20-24-19(21)25-27(20)14(16)3/h6-9,17H,10-11H2,1-5H3,(H2,21,25)(H,22,28). The van der Waals surface area contributed by atoms with Gasteiger partial charge in [-0.15, -0.1) is 5.10 Å². The zero-order valence-corrected chi connectivity index (χ0v) is 17.0. The van der Waals surface area contributed by atoms with E-state index in [1.54, 1.807) is 4.52 Å². The number of fused-ring (bicyclic) bond motifs is 1. The van der Waals surface area contributed by atoms with E-state index in [-0.39, 0.29) is 24.3 Å². The number of nitrogens with one attached hydrogen (secondary N) is 1. The van der Waals surface area contributed by atoms with Crippen molar-refractivity contribution in [3.05, 3.63) is 52.3 Å². The number of aryl methyl sites for hydroxylation is 3. The van der Waals surface area contributed by atoms with Crippen molar-refractivity contribution >= 4 is 17.6 Å². The Balaban J connectivity index is 1.73. The average Bonchev–Trinajstić information content (AvgIpc) is 3.00. The molecule has 3 rings (SSSR count). The molecular weight excluding hydrogens is 354 g/mol. The molecule has 0 saturated heterocycles. The lowest BCUT2D eigenvalue weighted by molar-refractivity contribution is -0.120. The van der Waals surface area contributed by atoms with Crippen molar-refractivity contribution < 1.29 is 4.79 Å². The Morgan fingerprint density at radius 1 is 1.18 bits per heavy atom. The van der Waals surface area contributed by atoms with Crippen molar-refractivity contribution in [3.8, 4) is 0 Å². The third-order valence-corrected chi connectivity index (χ3v) is 4.98. The Morgan fingerprint density at radius 3 is 2.50 bits per heavy atom. The van der Waals surface area contributed by atoms with Gasteiger partial charge in [0, 0.05) is 23.5 Å². The fourth-order valence-electron chi connectivity index (χ4n) is 3.30. The maximum Gasteiger partial charge on any atom is 0.254 e. The Kier molecular flexibility index (Phi) is 5.60. The number of aromatic nitrogens is 4. The summed E-state index contributed by atoms with van der Waals surface area (Å²) in [5, 5.41) is 7.20. The lowest BCUT2D eigenvalue weighted by Crippen LogP contribution is -2.35. The number of carbonyl (C=O) groups excluding carboxylic acids is 1. The fraction of sp³-hybridized carbons (Fsp3) is 0.400. The highest BCUT2D eigenvalue weighted by Crippen LogP contribution is 2.19. The molecule has 3 aromatic rings. The van der Waals surface area contributed by atoms with Gasteiger partial charge in [0.15, 0.2) is 0 Å². The van der Waals surface area contributed by atoms with Crippen molar-refractivity contribution in [3.63, 3.8) is 0 Å². The molecule has 8 heteroatoms. The van der Waals surface area contributed by atoms with Gasteiger partial charge in [-0.3, -0.25) is 4.79 Å². The number of nitrogen functional groups attached to an aromatic ring is 1. The highest BCUT2D eigenvalue weighted by atomic mass is 16.1. The molecule has 0 bridgehead atoms. The molecule has 28 heavy (non-hydrogen) atoms. The van der Waals surface area contributed by atoms with Crippen molar-refractivity contribution in [1.82, 2.24) is 29.8 Å². The quantitative estimate of drug-likeness (QED) is 0.672. The summed E-state index contributed by atoms with van der Waals surface area (Å²) in [6.07, 6.45) is 0.231. The van der Waals surface area contributed by atoms with E-state index < -0.39 is 0 Å². The van der Waals surface area contributed by atoms with Crippen LogP contribution in [0.3, 0.4) is 0 Å². The normalized spacial score (nSPS) is 12.5. The van der Waals surface area contributed by atoms with E-state index in [0.717, 1.165) is 17.0 Å². The van der Waals surface area contributed by atoms with Crippen LogP contribution in [0.5, 0.6) is 0 Å². The summed E-state index contributed by atoms with van der Waals surface area (Å²) in [7, 11) is 4.02. The zero-order chi connectivity index (χ0) is 20.4. The predicted molar refractivity (Wildman–Crippen MR) is 109 cm³/mol. The topological polar surface area (TPSA) is 101 Å². The monoisotopic (exact) mass is 381 g/mol. The number of carbonyl (C=O) groups is 1. The van der Waals surface area contributed by atoms with E-state index in [4.69, 9.17) is 5.73 Å².